The number of nitrogens with one attached hydrogen (secondary N) is 1. The molecule has 21 heavy (non-hydrogen) atoms. The number of nitrogens with zero attached hydrogens (tertiary/aromatic N) is 1. The number of carbonyl (C=O) groups is 2. The molecule has 6 heteroatoms. The van der Waals surface area contributed by atoms with Gasteiger partial charge < -0.3 is 15.3 Å². The number of aromatic nitrogens is 1. The van der Waals surface area contributed by atoms with Crippen molar-refractivity contribution in [2.24, 2.45) is 0 Å². The van der Waals surface area contributed by atoms with E-state index in [2.05, 4.69) is 5.32 Å². The van der Waals surface area contributed by atoms with Crippen LogP contribution in [0.25, 0.3) is 0 Å². The molecule has 0 saturated heterocycles. The first-order chi connectivity index (χ1) is 10.0. The van der Waals surface area contributed by atoms with E-state index in [1.807, 2.05) is 25.1 Å². The Morgan fingerprint density at radius 2 is 1.95 bits per heavy atom. The summed E-state index contributed by atoms with van der Waals surface area (Å²) in [7, 11) is 0. The van der Waals surface area contributed by atoms with E-state index in [4.69, 9.17) is 4.74 Å². The van der Waals surface area contributed by atoms with E-state index in [1.165, 1.54) is 24.5 Å². The highest BCUT2D eigenvalue weighted by Crippen LogP contribution is 2.09. The van der Waals surface area contributed by atoms with Crippen LogP contribution in [0.5, 0.6) is 0 Å². The number of benzene rings is 1. The van der Waals surface area contributed by atoms with Gasteiger partial charge in [-0.3, -0.25) is 4.79 Å². The fourth-order valence-corrected chi connectivity index (χ4v) is 1.68. The fraction of sp³-hybridized carbons (Fsp3) is 0.133. The van der Waals surface area contributed by atoms with Gasteiger partial charge in [0.25, 0.3) is 5.91 Å². The van der Waals surface area contributed by atoms with Crippen LogP contribution in [0.1, 0.15) is 15.9 Å². The number of pyridine rings is 1. The van der Waals surface area contributed by atoms with Gasteiger partial charge in [0.05, 0.1) is 5.56 Å². The predicted molar refractivity (Wildman–Crippen MR) is 75.5 cm³/mol. The Balaban J connectivity index is 1.86. The molecule has 6 nitrogen and oxygen atoms in total. The summed E-state index contributed by atoms with van der Waals surface area (Å²) in [4.78, 5) is 23.3. The third kappa shape index (κ3) is 4.31. The molecule has 0 fully saturated rings. The number of ether oxygens (including phenoxy) is 1. The second-order valence-electron chi connectivity index (χ2n) is 4.44. The zero-order valence-corrected chi connectivity index (χ0v) is 11.4. The molecule has 0 radical (unpaired) electrons. The molecule has 0 bridgehead atoms. The number of carbonyl (C=O) groups excluding carboxylic acids is 2. The third-order valence-corrected chi connectivity index (χ3v) is 2.67. The van der Waals surface area contributed by atoms with Gasteiger partial charge in [-0.25, -0.2) is 4.79 Å². The minimum absolute atomic E-state index is 0.213. The monoisotopic (exact) mass is 286 g/mol. The van der Waals surface area contributed by atoms with Crippen LogP contribution in [-0.4, -0.2) is 18.5 Å². The summed E-state index contributed by atoms with van der Waals surface area (Å²) in [6.07, 6.45) is 2.37. The van der Waals surface area contributed by atoms with Crippen LogP contribution in [0.4, 0.5) is 5.69 Å². The van der Waals surface area contributed by atoms with Crippen molar-refractivity contribution in [3.05, 3.63) is 65.1 Å². The summed E-state index contributed by atoms with van der Waals surface area (Å²) < 4.78 is 5.43. The van der Waals surface area contributed by atoms with Crippen molar-refractivity contribution >= 4 is 17.6 Å². The van der Waals surface area contributed by atoms with E-state index < -0.39 is 11.9 Å². The number of aryl methyl sites for hydroxylation is 1. The van der Waals surface area contributed by atoms with Crippen molar-refractivity contribution in [2.45, 2.75) is 6.92 Å². The molecule has 1 amide bonds. The SMILES string of the molecule is Cc1cccc(NC(=O)COC(=O)c2cc[n+]([O-])cc2)c1. The summed E-state index contributed by atoms with van der Waals surface area (Å²) >= 11 is 0. The summed E-state index contributed by atoms with van der Waals surface area (Å²) in [5.74, 6) is -1.08. The molecular formula is C15H14N2O4. The first-order valence-corrected chi connectivity index (χ1v) is 6.27. The smallest absolute Gasteiger partial charge is 0.339 e. The molecule has 1 heterocycles. The zero-order chi connectivity index (χ0) is 15.2. The average Bonchev–Trinajstić information content (AvgIpc) is 2.45. The molecule has 0 aliphatic rings. The highest BCUT2D eigenvalue weighted by molar-refractivity contribution is 5.95. The second-order valence-corrected chi connectivity index (χ2v) is 4.44. The van der Waals surface area contributed by atoms with Crippen molar-refractivity contribution in [1.29, 1.82) is 0 Å². The lowest BCUT2D eigenvalue weighted by atomic mass is 10.2. The Hall–Kier alpha value is -2.89. The first kappa shape index (κ1) is 14.5. The van der Waals surface area contributed by atoms with Crippen LogP contribution in [0, 0.1) is 12.1 Å². The lowest BCUT2D eigenvalue weighted by molar-refractivity contribution is -0.605. The van der Waals surface area contributed by atoms with E-state index in [9.17, 15) is 14.8 Å². The first-order valence-electron chi connectivity index (χ1n) is 6.27. The Morgan fingerprint density at radius 3 is 2.62 bits per heavy atom. The standard InChI is InChI=1S/C15H14N2O4/c1-11-3-2-4-13(9-11)16-14(18)10-21-15(19)12-5-7-17(20)8-6-12/h2-9H,10H2,1H3,(H,16,18). The number of hydrogen-bond acceptors (Lipinski definition) is 4. The third-order valence-electron chi connectivity index (χ3n) is 2.67. The van der Waals surface area contributed by atoms with Gasteiger partial charge in [-0.05, 0) is 24.6 Å². The van der Waals surface area contributed by atoms with E-state index in [0.29, 0.717) is 10.4 Å². The van der Waals surface area contributed by atoms with Crippen molar-refractivity contribution in [3.8, 4) is 0 Å². The van der Waals surface area contributed by atoms with E-state index in [-0.39, 0.29) is 12.2 Å². The molecule has 0 saturated carbocycles. The summed E-state index contributed by atoms with van der Waals surface area (Å²) in [5, 5.41) is 13.5. The van der Waals surface area contributed by atoms with Gasteiger partial charge in [0.15, 0.2) is 19.0 Å². The quantitative estimate of drug-likeness (QED) is 0.523. The molecule has 0 spiro atoms. The lowest BCUT2D eigenvalue weighted by Crippen LogP contribution is -2.25. The van der Waals surface area contributed by atoms with E-state index >= 15 is 0 Å². The number of rotatable bonds is 4. The van der Waals surface area contributed by atoms with Gasteiger partial charge in [0.2, 0.25) is 0 Å². The second kappa shape index (κ2) is 6.51. The van der Waals surface area contributed by atoms with E-state index in [0.717, 1.165) is 5.56 Å². The Labute approximate surface area is 121 Å². The number of amides is 1. The summed E-state index contributed by atoms with van der Waals surface area (Å²) in [5.41, 5.74) is 1.87. The number of hydrogen-bond donors (Lipinski definition) is 1. The highest BCUT2D eigenvalue weighted by Gasteiger charge is 2.11. The lowest BCUT2D eigenvalue weighted by Gasteiger charge is -2.07. The molecule has 0 aliphatic heterocycles. The van der Waals surface area contributed by atoms with Crippen molar-refractivity contribution < 1.29 is 19.1 Å². The molecule has 0 aliphatic carbocycles. The van der Waals surface area contributed by atoms with Crippen molar-refractivity contribution in [3.63, 3.8) is 0 Å². The molecule has 1 aromatic heterocycles. The predicted octanol–water partition coefficient (Wildman–Crippen LogP) is 1.42. The maximum Gasteiger partial charge on any atom is 0.339 e. The van der Waals surface area contributed by atoms with Crippen molar-refractivity contribution in [1.82, 2.24) is 0 Å². The van der Waals surface area contributed by atoms with Crippen LogP contribution in [-0.2, 0) is 9.53 Å². The van der Waals surface area contributed by atoms with Crippen LogP contribution in [0.3, 0.4) is 0 Å². The highest BCUT2D eigenvalue weighted by atomic mass is 16.5. The van der Waals surface area contributed by atoms with Gasteiger partial charge in [0, 0.05) is 17.8 Å². The summed E-state index contributed by atoms with van der Waals surface area (Å²) in [6.45, 7) is 1.52. The Kier molecular flexibility index (Phi) is 4.50. The van der Waals surface area contributed by atoms with Gasteiger partial charge in [-0.15, -0.1) is 0 Å². The summed E-state index contributed by atoms with van der Waals surface area (Å²) in [6, 6.07) is 9.94. The normalized spacial score (nSPS) is 9.95. The molecular weight excluding hydrogens is 272 g/mol. The van der Waals surface area contributed by atoms with Crippen LogP contribution >= 0.6 is 0 Å². The topological polar surface area (TPSA) is 82.3 Å². The zero-order valence-electron chi connectivity index (χ0n) is 11.4. The Bertz CT molecular complexity index is 653. The number of esters is 1. The molecule has 1 N–H and O–H groups in total. The fourth-order valence-electron chi connectivity index (χ4n) is 1.68. The van der Waals surface area contributed by atoms with E-state index in [1.54, 1.807) is 6.07 Å². The van der Waals surface area contributed by atoms with Gasteiger partial charge in [-0.2, -0.15) is 4.73 Å². The van der Waals surface area contributed by atoms with Crippen LogP contribution < -0.4 is 10.0 Å². The van der Waals surface area contributed by atoms with Crippen LogP contribution in [0.2, 0.25) is 0 Å². The maximum atomic E-state index is 11.7. The molecule has 1 aromatic carbocycles. The average molecular weight is 286 g/mol. The van der Waals surface area contributed by atoms with Crippen molar-refractivity contribution in [2.75, 3.05) is 11.9 Å². The van der Waals surface area contributed by atoms with Gasteiger partial charge in [-0.1, -0.05) is 12.1 Å². The minimum atomic E-state index is -0.657. The van der Waals surface area contributed by atoms with Crippen LogP contribution in [0.15, 0.2) is 48.8 Å². The molecule has 108 valence electrons. The molecule has 0 atom stereocenters. The molecule has 0 unspecified atom stereocenters. The largest absolute Gasteiger partial charge is 0.619 e. The molecule has 2 aromatic rings. The molecule has 2 rings (SSSR count). The Morgan fingerprint density at radius 1 is 1.24 bits per heavy atom. The minimum Gasteiger partial charge on any atom is -0.619 e. The maximum absolute atomic E-state index is 11.7. The van der Waals surface area contributed by atoms with Gasteiger partial charge in [0.1, 0.15) is 0 Å². The van der Waals surface area contributed by atoms with Gasteiger partial charge >= 0.3 is 5.97 Å². The number of anilines is 1.